The molecule has 4 nitrogen and oxygen atoms in total. The van der Waals surface area contributed by atoms with Crippen molar-refractivity contribution in [1.29, 1.82) is 0 Å². The van der Waals surface area contributed by atoms with Crippen molar-refractivity contribution in [1.82, 2.24) is 10.2 Å². The van der Waals surface area contributed by atoms with Crippen LogP contribution in [0.15, 0.2) is 48.5 Å². The van der Waals surface area contributed by atoms with Gasteiger partial charge in [0.15, 0.2) is 0 Å². The molecule has 2 aliphatic rings. The number of hydrogen-bond donors (Lipinski definition) is 1. The number of benzene rings is 2. The van der Waals surface area contributed by atoms with Crippen molar-refractivity contribution >= 4 is 23.5 Å². The third-order valence-corrected chi connectivity index (χ3v) is 5.16. The van der Waals surface area contributed by atoms with Gasteiger partial charge in [-0.3, -0.25) is 9.69 Å². The Kier molecular flexibility index (Phi) is 3.57. The Morgan fingerprint density at radius 3 is 2.62 bits per heavy atom. The number of carbonyl (C=O) groups is 2. The van der Waals surface area contributed by atoms with E-state index in [0.717, 1.165) is 29.5 Å². The van der Waals surface area contributed by atoms with Crippen LogP contribution in [0.5, 0.6) is 0 Å². The average Bonchev–Trinajstić information content (AvgIpc) is 2.82. The molecule has 24 heavy (non-hydrogen) atoms. The topological polar surface area (TPSA) is 49.4 Å². The van der Waals surface area contributed by atoms with Gasteiger partial charge in [0.25, 0.3) is 5.91 Å². The highest BCUT2D eigenvalue weighted by atomic mass is 35.5. The van der Waals surface area contributed by atoms with E-state index < -0.39 is 5.54 Å². The molecule has 2 aromatic rings. The summed E-state index contributed by atoms with van der Waals surface area (Å²) in [5.74, 6) is -0.158. The van der Waals surface area contributed by atoms with Crippen molar-refractivity contribution in [3.8, 4) is 0 Å². The summed E-state index contributed by atoms with van der Waals surface area (Å²) in [6.07, 6.45) is 2.47. The molecule has 0 unspecified atom stereocenters. The fourth-order valence-electron chi connectivity index (χ4n) is 3.73. The van der Waals surface area contributed by atoms with Crippen LogP contribution < -0.4 is 5.32 Å². The Hall–Kier alpha value is -2.33. The normalized spacial score (nSPS) is 22.6. The van der Waals surface area contributed by atoms with Gasteiger partial charge in [-0.25, -0.2) is 4.79 Å². The molecule has 4 rings (SSSR count). The highest BCUT2D eigenvalue weighted by Gasteiger charge is 2.53. The summed E-state index contributed by atoms with van der Waals surface area (Å²) in [6, 6.07) is 14.8. The maximum atomic E-state index is 13.1. The van der Waals surface area contributed by atoms with Gasteiger partial charge in [0.2, 0.25) is 0 Å². The van der Waals surface area contributed by atoms with Crippen molar-refractivity contribution in [3.63, 3.8) is 0 Å². The van der Waals surface area contributed by atoms with Gasteiger partial charge in [0.05, 0.1) is 6.54 Å². The number of amides is 3. The third kappa shape index (κ3) is 2.29. The SMILES string of the molecule is O=C1N[C@@]2(CCCc3ccccc32)C(=O)N1Cc1ccc(Cl)cc1. The number of nitrogens with one attached hydrogen (secondary N) is 1. The lowest BCUT2D eigenvalue weighted by atomic mass is 9.76. The second kappa shape index (κ2) is 5.64. The standard InChI is InChI=1S/C19H17ClN2O2/c20-15-9-7-13(8-10-15)12-22-17(23)19(21-18(22)24)11-3-5-14-4-1-2-6-16(14)19/h1-2,4,6-10H,3,5,11-12H2,(H,21,24)/t19-/m1/s1. The molecule has 1 fully saturated rings. The van der Waals surface area contributed by atoms with Crippen molar-refractivity contribution in [2.75, 3.05) is 0 Å². The Bertz CT molecular complexity index is 818. The van der Waals surface area contributed by atoms with Gasteiger partial charge in [-0.2, -0.15) is 0 Å². The number of urea groups is 1. The van der Waals surface area contributed by atoms with Crippen molar-refractivity contribution in [2.24, 2.45) is 0 Å². The molecule has 1 aliphatic heterocycles. The first-order chi connectivity index (χ1) is 11.6. The van der Waals surface area contributed by atoms with Crippen molar-refractivity contribution in [2.45, 2.75) is 31.3 Å². The van der Waals surface area contributed by atoms with E-state index in [1.165, 1.54) is 4.90 Å². The van der Waals surface area contributed by atoms with Gasteiger partial charge in [0.1, 0.15) is 5.54 Å². The van der Waals surface area contributed by atoms with E-state index in [2.05, 4.69) is 5.32 Å². The van der Waals surface area contributed by atoms with E-state index in [1.54, 1.807) is 12.1 Å². The minimum Gasteiger partial charge on any atom is -0.319 e. The fraction of sp³-hybridized carbons (Fsp3) is 0.263. The molecule has 5 heteroatoms. The quantitative estimate of drug-likeness (QED) is 0.849. The van der Waals surface area contributed by atoms with Crippen LogP contribution in [-0.2, 0) is 23.3 Å². The number of halogens is 1. The number of nitrogens with zero attached hydrogens (tertiary/aromatic N) is 1. The van der Waals surface area contributed by atoms with Crippen LogP contribution in [-0.4, -0.2) is 16.8 Å². The van der Waals surface area contributed by atoms with Gasteiger partial charge in [-0.1, -0.05) is 48.0 Å². The lowest BCUT2D eigenvalue weighted by Gasteiger charge is -2.33. The molecule has 0 aromatic heterocycles. The lowest BCUT2D eigenvalue weighted by molar-refractivity contribution is -0.132. The number of fused-ring (bicyclic) bond motifs is 2. The summed E-state index contributed by atoms with van der Waals surface area (Å²) >= 11 is 5.90. The summed E-state index contributed by atoms with van der Waals surface area (Å²) in [4.78, 5) is 27.0. The Morgan fingerprint density at radius 2 is 1.83 bits per heavy atom. The zero-order valence-corrected chi connectivity index (χ0v) is 13.8. The molecule has 1 saturated heterocycles. The van der Waals surface area contributed by atoms with Gasteiger partial charge >= 0.3 is 6.03 Å². The van der Waals surface area contributed by atoms with Crippen LogP contribution in [0.4, 0.5) is 4.79 Å². The molecule has 0 radical (unpaired) electrons. The maximum absolute atomic E-state index is 13.1. The molecule has 0 saturated carbocycles. The Balaban J connectivity index is 1.68. The number of hydrogen-bond acceptors (Lipinski definition) is 2. The number of aryl methyl sites for hydroxylation is 1. The van der Waals surface area contributed by atoms with E-state index in [0.29, 0.717) is 11.4 Å². The van der Waals surface area contributed by atoms with Gasteiger partial charge in [-0.05, 0) is 48.1 Å². The van der Waals surface area contributed by atoms with Crippen LogP contribution >= 0.6 is 11.6 Å². The lowest BCUT2D eigenvalue weighted by Crippen LogP contribution is -2.46. The first kappa shape index (κ1) is 15.2. The van der Waals surface area contributed by atoms with Crippen LogP contribution in [0.3, 0.4) is 0 Å². The molecular weight excluding hydrogens is 324 g/mol. The highest BCUT2D eigenvalue weighted by molar-refractivity contribution is 6.30. The fourth-order valence-corrected chi connectivity index (χ4v) is 3.85. The molecule has 2 aromatic carbocycles. The molecule has 1 spiro atoms. The van der Waals surface area contributed by atoms with E-state index in [4.69, 9.17) is 11.6 Å². The Morgan fingerprint density at radius 1 is 1.08 bits per heavy atom. The predicted octanol–water partition coefficient (Wildman–Crippen LogP) is 3.62. The van der Waals surface area contributed by atoms with E-state index >= 15 is 0 Å². The number of imide groups is 1. The summed E-state index contributed by atoms with van der Waals surface area (Å²) in [6.45, 7) is 0.256. The third-order valence-electron chi connectivity index (χ3n) is 4.90. The van der Waals surface area contributed by atoms with Gasteiger partial charge in [-0.15, -0.1) is 0 Å². The highest BCUT2D eigenvalue weighted by Crippen LogP contribution is 2.40. The molecule has 122 valence electrons. The molecule has 1 N–H and O–H groups in total. The monoisotopic (exact) mass is 340 g/mol. The largest absolute Gasteiger partial charge is 0.325 e. The van der Waals surface area contributed by atoms with E-state index in [9.17, 15) is 9.59 Å². The minimum atomic E-state index is -0.904. The smallest absolute Gasteiger partial charge is 0.319 e. The molecule has 1 heterocycles. The van der Waals surface area contributed by atoms with E-state index in [1.807, 2.05) is 36.4 Å². The van der Waals surface area contributed by atoms with E-state index in [-0.39, 0.29) is 18.5 Å². The number of rotatable bonds is 2. The molecule has 1 aliphatic carbocycles. The molecule has 3 amide bonds. The van der Waals surface area contributed by atoms with Crippen LogP contribution in [0, 0.1) is 0 Å². The van der Waals surface area contributed by atoms with Crippen LogP contribution in [0.2, 0.25) is 5.02 Å². The first-order valence-electron chi connectivity index (χ1n) is 8.07. The van der Waals surface area contributed by atoms with Crippen LogP contribution in [0.25, 0.3) is 0 Å². The summed E-state index contributed by atoms with van der Waals surface area (Å²) in [5, 5.41) is 3.60. The maximum Gasteiger partial charge on any atom is 0.325 e. The summed E-state index contributed by atoms with van der Waals surface area (Å²) in [5.41, 5.74) is 2.06. The van der Waals surface area contributed by atoms with Crippen molar-refractivity contribution < 1.29 is 9.59 Å². The number of carbonyl (C=O) groups excluding carboxylic acids is 2. The second-order valence-electron chi connectivity index (χ2n) is 6.36. The summed E-state index contributed by atoms with van der Waals surface area (Å²) < 4.78 is 0. The second-order valence-corrected chi connectivity index (χ2v) is 6.80. The molecular formula is C19H17ClN2O2. The first-order valence-corrected chi connectivity index (χ1v) is 8.45. The zero-order valence-electron chi connectivity index (χ0n) is 13.1. The molecule has 1 atom stereocenters. The van der Waals surface area contributed by atoms with Crippen LogP contribution in [0.1, 0.15) is 29.5 Å². The van der Waals surface area contributed by atoms with Gasteiger partial charge < -0.3 is 5.32 Å². The van der Waals surface area contributed by atoms with Crippen molar-refractivity contribution in [3.05, 3.63) is 70.2 Å². The zero-order chi connectivity index (χ0) is 16.7. The predicted molar refractivity (Wildman–Crippen MR) is 91.6 cm³/mol. The molecule has 0 bridgehead atoms. The Labute approximate surface area is 145 Å². The minimum absolute atomic E-state index is 0.158. The van der Waals surface area contributed by atoms with Gasteiger partial charge in [0, 0.05) is 5.02 Å². The average molecular weight is 341 g/mol. The summed E-state index contributed by atoms with van der Waals surface area (Å²) in [7, 11) is 0.